The standard InChI is InChI=1S/C22H32N6O.HI/c1-5-19-18(20(6-2)27(4)26-19)15-25-22(23-3)24-14-16-9-11-17(12-10-16)28-13-7-8-21(28)29;/h9-12H,5-8,13-15H2,1-4H3,(H2,23,24,25);1H. The lowest BCUT2D eigenvalue weighted by molar-refractivity contribution is -0.117. The molecule has 2 heterocycles. The molecule has 2 N–H and O–H groups in total. The van der Waals surface area contributed by atoms with E-state index in [1.54, 1.807) is 7.05 Å². The van der Waals surface area contributed by atoms with Crippen LogP contribution in [0.3, 0.4) is 0 Å². The number of carbonyl (C=O) groups is 1. The highest BCUT2D eigenvalue weighted by Crippen LogP contribution is 2.21. The zero-order valence-corrected chi connectivity index (χ0v) is 20.7. The second-order valence-corrected chi connectivity index (χ2v) is 7.30. The van der Waals surface area contributed by atoms with E-state index in [0.717, 1.165) is 48.7 Å². The van der Waals surface area contributed by atoms with Gasteiger partial charge >= 0.3 is 0 Å². The molecular weight excluding hydrogens is 491 g/mol. The Morgan fingerprint density at radius 1 is 1.13 bits per heavy atom. The van der Waals surface area contributed by atoms with E-state index in [4.69, 9.17) is 0 Å². The molecule has 0 atom stereocenters. The molecule has 0 unspecified atom stereocenters. The van der Waals surface area contributed by atoms with Crippen LogP contribution >= 0.6 is 24.0 Å². The lowest BCUT2D eigenvalue weighted by Crippen LogP contribution is -2.36. The number of nitrogens with one attached hydrogen (secondary N) is 2. The first kappa shape index (κ1) is 24.2. The molecular formula is C22H33IN6O. The summed E-state index contributed by atoms with van der Waals surface area (Å²) in [6, 6.07) is 8.17. The van der Waals surface area contributed by atoms with Crippen molar-refractivity contribution in [2.24, 2.45) is 12.0 Å². The summed E-state index contributed by atoms with van der Waals surface area (Å²) in [7, 11) is 3.79. The highest BCUT2D eigenvalue weighted by molar-refractivity contribution is 14.0. The number of benzene rings is 1. The zero-order valence-electron chi connectivity index (χ0n) is 18.4. The van der Waals surface area contributed by atoms with E-state index in [1.165, 1.54) is 11.3 Å². The van der Waals surface area contributed by atoms with Crippen LogP contribution in [0, 0.1) is 0 Å². The summed E-state index contributed by atoms with van der Waals surface area (Å²) in [4.78, 5) is 18.1. The molecule has 2 aromatic rings. The molecule has 3 rings (SSSR count). The van der Waals surface area contributed by atoms with Crippen molar-refractivity contribution in [2.75, 3.05) is 18.5 Å². The summed E-state index contributed by atoms with van der Waals surface area (Å²) >= 11 is 0. The van der Waals surface area contributed by atoms with Crippen LogP contribution in [0.2, 0.25) is 0 Å². The predicted octanol–water partition coefficient (Wildman–Crippen LogP) is 3.15. The van der Waals surface area contributed by atoms with Crippen LogP contribution < -0.4 is 15.5 Å². The van der Waals surface area contributed by atoms with Crippen molar-refractivity contribution in [2.45, 2.75) is 52.6 Å². The summed E-state index contributed by atoms with van der Waals surface area (Å²) in [5, 5.41) is 11.4. The van der Waals surface area contributed by atoms with Gasteiger partial charge in [0.15, 0.2) is 5.96 Å². The zero-order chi connectivity index (χ0) is 20.8. The minimum atomic E-state index is 0. The molecule has 8 heteroatoms. The number of nitrogens with zero attached hydrogens (tertiary/aromatic N) is 4. The van der Waals surface area contributed by atoms with Gasteiger partial charge < -0.3 is 15.5 Å². The number of guanidine groups is 1. The second-order valence-electron chi connectivity index (χ2n) is 7.30. The maximum Gasteiger partial charge on any atom is 0.227 e. The second kappa shape index (κ2) is 11.3. The van der Waals surface area contributed by atoms with Gasteiger partial charge in [0.1, 0.15) is 0 Å². The number of carbonyl (C=O) groups excluding carboxylic acids is 1. The number of anilines is 1. The van der Waals surface area contributed by atoms with E-state index >= 15 is 0 Å². The Morgan fingerprint density at radius 2 is 1.83 bits per heavy atom. The van der Waals surface area contributed by atoms with Crippen LogP contribution in [0.1, 0.15) is 49.2 Å². The normalized spacial score (nSPS) is 14.1. The minimum Gasteiger partial charge on any atom is -0.352 e. The fourth-order valence-corrected chi connectivity index (χ4v) is 3.89. The molecule has 1 aliphatic heterocycles. The molecule has 0 radical (unpaired) electrons. The topological polar surface area (TPSA) is 74.6 Å². The van der Waals surface area contributed by atoms with Gasteiger partial charge in [0.05, 0.1) is 5.69 Å². The van der Waals surface area contributed by atoms with Crippen molar-refractivity contribution in [3.05, 3.63) is 46.8 Å². The third-order valence-electron chi connectivity index (χ3n) is 5.47. The predicted molar refractivity (Wildman–Crippen MR) is 132 cm³/mol. The number of aryl methyl sites for hydroxylation is 2. The van der Waals surface area contributed by atoms with Crippen LogP contribution in [0.5, 0.6) is 0 Å². The molecule has 0 spiro atoms. The fraction of sp³-hybridized carbons (Fsp3) is 0.500. The summed E-state index contributed by atoms with van der Waals surface area (Å²) in [6.45, 7) is 6.49. The molecule has 1 fully saturated rings. The third-order valence-corrected chi connectivity index (χ3v) is 5.47. The molecule has 0 saturated carbocycles. The first-order chi connectivity index (χ1) is 14.1. The molecule has 1 aromatic heterocycles. The Balaban J connectivity index is 0.00000320. The molecule has 1 aliphatic rings. The monoisotopic (exact) mass is 524 g/mol. The molecule has 7 nitrogen and oxygen atoms in total. The Bertz CT molecular complexity index is 874. The molecule has 164 valence electrons. The van der Waals surface area contributed by atoms with Crippen molar-refractivity contribution in [1.82, 2.24) is 20.4 Å². The van der Waals surface area contributed by atoms with E-state index in [-0.39, 0.29) is 29.9 Å². The average Bonchev–Trinajstić information content (AvgIpc) is 3.30. The summed E-state index contributed by atoms with van der Waals surface area (Å²) < 4.78 is 1.98. The van der Waals surface area contributed by atoms with E-state index in [1.807, 2.05) is 28.8 Å². The van der Waals surface area contributed by atoms with Crippen LogP contribution in [-0.4, -0.2) is 35.2 Å². The number of hydrogen-bond acceptors (Lipinski definition) is 3. The lowest BCUT2D eigenvalue weighted by Gasteiger charge is -2.16. The van der Waals surface area contributed by atoms with E-state index < -0.39 is 0 Å². The van der Waals surface area contributed by atoms with E-state index in [2.05, 4.69) is 46.7 Å². The van der Waals surface area contributed by atoms with Gasteiger partial charge in [-0.1, -0.05) is 26.0 Å². The number of amides is 1. The third kappa shape index (κ3) is 5.53. The van der Waals surface area contributed by atoms with Crippen molar-refractivity contribution in [3.8, 4) is 0 Å². The van der Waals surface area contributed by atoms with Crippen LogP contribution in [0.25, 0.3) is 0 Å². The first-order valence-electron chi connectivity index (χ1n) is 10.4. The van der Waals surface area contributed by atoms with Crippen molar-refractivity contribution in [1.29, 1.82) is 0 Å². The largest absolute Gasteiger partial charge is 0.352 e. The fourth-order valence-electron chi connectivity index (χ4n) is 3.89. The van der Waals surface area contributed by atoms with Gasteiger partial charge in [0.25, 0.3) is 0 Å². The Hall–Kier alpha value is -2.10. The maximum atomic E-state index is 11.9. The number of halogens is 1. The lowest BCUT2D eigenvalue weighted by atomic mass is 10.1. The summed E-state index contributed by atoms with van der Waals surface area (Å²) in [5.74, 6) is 0.977. The van der Waals surface area contributed by atoms with Gasteiger partial charge in [-0.3, -0.25) is 14.5 Å². The van der Waals surface area contributed by atoms with Crippen LogP contribution in [0.4, 0.5) is 5.69 Å². The molecule has 1 amide bonds. The van der Waals surface area contributed by atoms with Crippen molar-refractivity contribution >= 4 is 41.5 Å². The number of hydrogen-bond donors (Lipinski definition) is 2. The van der Waals surface area contributed by atoms with Gasteiger partial charge in [-0.25, -0.2) is 0 Å². The Morgan fingerprint density at radius 3 is 2.40 bits per heavy atom. The average molecular weight is 524 g/mol. The Kier molecular flexibility index (Phi) is 9.13. The molecule has 1 aromatic carbocycles. The smallest absolute Gasteiger partial charge is 0.227 e. The van der Waals surface area contributed by atoms with E-state index in [9.17, 15) is 4.79 Å². The van der Waals surface area contributed by atoms with Crippen LogP contribution in [0.15, 0.2) is 29.3 Å². The van der Waals surface area contributed by atoms with Crippen molar-refractivity contribution in [3.63, 3.8) is 0 Å². The number of aromatic nitrogens is 2. The maximum absolute atomic E-state index is 11.9. The van der Waals surface area contributed by atoms with Gasteiger partial charge in [-0.2, -0.15) is 5.10 Å². The highest BCUT2D eigenvalue weighted by Gasteiger charge is 2.21. The van der Waals surface area contributed by atoms with Gasteiger partial charge in [-0.15, -0.1) is 24.0 Å². The van der Waals surface area contributed by atoms with Gasteiger partial charge in [0.2, 0.25) is 5.91 Å². The molecule has 1 saturated heterocycles. The molecule has 30 heavy (non-hydrogen) atoms. The summed E-state index contributed by atoms with van der Waals surface area (Å²) in [5.41, 5.74) is 5.79. The minimum absolute atomic E-state index is 0. The first-order valence-corrected chi connectivity index (χ1v) is 10.4. The SMILES string of the molecule is CCc1nn(C)c(CC)c1CNC(=NC)NCc1ccc(N2CCCC2=O)cc1.I. The Labute approximate surface area is 196 Å². The molecule has 0 aliphatic carbocycles. The number of aliphatic imine (C=N–C) groups is 1. The highest BCUT2D eigenvalue weighted by atomic mass is 127. The summed E-state index contributed by atoms with van der Waals surface area (Å²) in [6.07, 6.45) is 3.48. The van der Waals surface area contributed by atoms with Gasteiger partial charge in [-0.05, 0) is 37.0 Å². The van der Waals surface area contributed by atoms with Crippen LogP contribution in [-0.2, 0) is 37.8 Å². The quantitative estimate of drug-likeness (QED) is 0.332. The van der Waals surface area contributed by atoms with E-state index in [0.29, 0.717) is 19.5 Å². The molecule has 0 bridgehead atoms. The number of rotatable bonds is 7. The van der Waals surface area contributed by atoms with Crippen molar-refractivity contribution < 1.29 is 4.79 Å². The van der Waals surface area contributed by atoms with Gasteiger partial charge in [0, 0.05) is 57.1 Å².